The summed E-state index contributed by atoms with van der Waals surface area (Å²) < 4.78 is 36.8. The molecule has 1 rings (SSSR count). The molecule has 0 aromatic rings. The number of hydrogen-bond donors (Lipinski definition) is 1. The number of nitrogens with two attached hydrogens (primary N) is 1. The topological polar surface area (TPSA) is 81.9 Å². The number of halogens is 1. The summed E-state index contributed by atoms with van der Waals surface area (Å²) >= 11 is 0. The Kier molecular flexibility index (Phi) is 10.8. The smallest absolute Gasteiger partial charge is 0.216 e. The molecule has 0 spiro atoms. The molecule has 0 aliphatic carbocycles. The van der Waals surface area contributed by atoms with Crippen molar-refractivity contribution >= 4 is 22.4 Å². The molecule has 0 aromatic heterocycles. The van der Waals surface area contributed by atoms with E-state index in [0.29, 0.717) is 26.2 Å². The van der Waals surface area contributed by atoms with E-state index >= 15 is 0 Å². The molecule has 0 radical (unpaired) electrons. The van der Waals surface area contributed by atoms with Crippen molar-refractivity contribution in [1.82, 2.24) is 4.31 Å². The van der Waals surface area contributed by atoms with Crippen LogP contribution in [0, 0.1) is 0 Å². The first kappa shape index (κ1) is 21.1. The quantitative estimate of drug-likeness (QED) is 0.631. The van der Waals surface area contributed by atoms with E-state index in [2.05, 4.69) is 0 Å². The third-order valence-corrected chi connectivity index (χ3v) is 5.12. The molecular formula is C13H29ClN2O4S. The monoisotopic (exact) mass is 344 g/mol. The Hall–Kier alpha value is 0.0800. The molecule has 0 bridgehead atoms. The molecule has 1 saturated heterocycles. The Morgan fingerprint density at radius 3 is 2.38 bits per heavy atom. The van der Waals surface area contributed by atoms with Crippen LogP contribution in [-0.4, -0.2) is 63.5 Å². The van der Waals surface area contributed by atoms with Crippen LogP contribution in [0.5, 0.6) is 0 Å². The van der Waals surface area contributed by atoms with Crippen LogP contribution in [0.4, 0.5) is 0 Å². The maximum atomic E-state index is 12.1. The molecular weight excluding hydrogens is 316 g/mol. The Balaban J connectivity index is 0.00000400. The molecule has 0 aromatic carbocycles. The largest absolute Gasteiger partial charge is 0.378 e. The van der Waals surface area contributed by atoms with E-state index in [1.165, 1.54) is 0 Å². The summed E-state index contributed by atoms with van der Waals surface area (Å²) in [6, 6.07) is 0. The zero-order chi connectivity index (χ0) is 15.0. The number of rotatable bonds is 9. The van der Waals surface area contributed by atoms with Gasteiger partial charge < -0.3 is 15.2 Å². The molecule has 2 N–H and O–H groups in total. The van der Waals surface area contributed by atoms with Crippen LogP contribution in [-0.2, 0) is 19.5 Å². The zero-order valence-electron chi connectivity index (χ0n) is 13.0. The van der Waals surface area contributed by atoms with Gasteiger partial charge in [0.25, 0.3) is 0 Å². The SMILES string of the molecule is CC(C)OCCS(=O)(=O)N1CCC(OCCCN)CC1.Cl. The van der Waals surface area contributed by atoms with Crippen LogP contribution in [0.15, 0.2) is 0 Å². The van der Waals surface area contributed by atoms with Gasteiger partial charge >= 0.3 is 0 Å². The van der Waals surface area contributed by atoms with Gasteiger partial charge in [-0.2, -0.15) is 0 Å². The normalized spacial score (nSPS) is 17.9. The first-order chi connectivity index (χ1) is 9.45. The second-order valence-electron chi connectivity index (χ2n) is 5.35. The third kappa shape index (κ3) is 8.32. The Labute approximate surface area is 134 Å². The number of piperidine rings is 1. The lowest BCUT2D eigenvalue weighted by Gasteiger charge is -2.31. The molecule has 0 unspecified atom stereocenters. The standard InChI is InChI=1S/C13H28N2O4S.ClH/c1-12(2)18-10-11-20(16,17)15-7-4-13(5-8-15)19-9-3-6-14;/h12-13H,3-11,14H2,1-2H3;1H. The molecule has 8 heteroatoms. The van der Waals surface area contributed by atoms with E-state index < -0.39 is 10.0 Å². The van der Waals surface area contributed by atoms with Crippen LogP contribution in [0.1, 0.15) is 33.1 Å². The van der Waals surface area contributed by atoms with Crippen molar-refractivity contribution in [2.24, 2.45) is 5.73 Å². The van der Waals surface area contributed by atoms with Gasteiger partial charge in [-0.25, -0.2) is 12.7 Å². The van der Waals surface area contributed by atoms with Crippen molar-refractivity contribution in [2.45, 2.75) is 45.3 Å². The zero-order valence-corrected chi connectivity index (χ0v) is 14.6. The summed E-state index contributed by atoms with van der Waals surface area (Å²) in [6.45, 7) is 6.42. The van der Waals surface area contributed by atoms with Crippen LogP contribution >= 0.6 is 12.4 Å². The average Bonchev–Trinajstić information content (AvgIpc) is 2.39. The van der Waals surface area contributed by atoms with Gasteiger partial charge in [0, 0.05) is 19.7 Å². The van der Waals surface area contributed by atoms with Crippen LogP contribution in [0.25, 0.3) is 0 Å². The van der Waals surface area contributed by atoms with E-state index in [4.69, 9.17) is 15.2 Å². The fourth-order valence-corrected chi connectivity index (χ4v) is 3.46. The summed E-state index contributed by atoms with van der Waals surface area (Å²) in [7, 11) is -3.19. The van der Waals surface area contributed by atoms with E-state index in [1.54, 1.807) is 4.31 Å². The molecule has 1 aliphatic rings. The van der Waals surface area contributed by atoms with Gasteiger partial charge in [-0.15, -0.1) is 12.4 Å². The first-order valence-electron chi connectivity index (χ1n) is 7.37. The van der Waals surface area contributed by atoms with E-state index in [1.807, 2.05) is 13.8 Å². The van der Waals surface area contributed by atoms with Crippen LogP contribution < -0.4 is 5.73 Å². The molecule has 1 aliphatic heterocycles. The van der Waals surface area contributed by atoms with Gasteiger partial charge in [-0.1, -0.05) is 0 Å². The lowest BCUT2D eigenvalue weighted by molar-refractivity contribution is 0.0207. The fourth-order valence-electron chi connectivity index (χ4n) is 2.13. The molecule has 1 heterocycles. The molecule has 0 saturated carbocycles. The Morgan fingerprint density at radius 2 is 1.86 bits per heavy atom. The van der Waals surface area contributed by atoms with E-state index in [-0.39, 0.29) is 37.0 Å². The molecule has 0 atom stereocenters. The van der Waals surface area contributed by atoms with E-state index in [0.717, 1.165) is 19.3 Å². The molecule has 21 heavy (non-hydrogen) atoms. The predicted molar refractivity (Wildman–Crippen MR) is 86.3 cm³/mol. The van der Waals surface area contributed by atoms with Crippen molar-refractivity contribution in [3.63, 3.8) is 0 Å². The fraction of sp³-hybridized carbons (Fsp3) is 1.00. The highest BCUT2D eigenvalue weighted by Gasteiger charge is 2.28. The maximum Gasteiger partial charge on any atom is 0.216 e. The van der Waals surface area contributed by atoms with Crippen molar-refractivity contribution in [2.75, 3.05) is 38.6 Å². The molecule has 1 fully saturated rings. The number of nitrogens with zero attached hydrogens (tertiary/aromatic N) is 1. The van der Waals surface area contributed by atoms with Crippen molar-refractivity contribution in [3.05, 3.63) is 0 Å². The average molecular weight is 345 g/mol. The summed E-state index contributed by atoms with van der Waals surface area (Å²) in [5.41, 5.74) is 5.41. The lowest BCUT2D eigenvalue weighted by atomic mass is 10.1. The number of hydrogen-bond acceptors (Lipinski definition) is 5. The second-order valence-corrected chi connectivity index (χ2v) is 7.44. The summed E-state index contributed by atoms with van der Waals surface area (Å²) in [6.07, 6.45) is 2.60. The van der Waals surface area contributed by atoms with Gasteiger partial charge in [0.2, 0.25) is 10.0 Å². The number of sulfonamides is 1. The maximum absolute atomic E-state index is 12.1. The molecule has 128 valence electrons. The highest BCUT2D eigenvalue weighted by Crippen LogP contribution is 2.17. The Morgan fingerprint density at radius 1 is 1.24 bits per heavy atom. The summed E-state index contributed by atoms with van der Waals surface area (Å²) in [5.74, 6) is 0.0594. The predicted octanol–water partition coefficient (Wildman–Crippen LogP) is 0.993. The van der Waals surface area contributed by atoms with Crippen molar-refractivity contribution in [3.8, 4) is 0 Å². The van der Waals surface area contributed by atoms with Crippen molar-refractivity contribution in [1.29, 1.82) is 0 Å². The van der Waals surface area contributed by atoms with Gasteiger partial charge in [0.15, 0.2) is 0 Å². The second kappa shape index (κ2) is 10.7. The Bertz CT molecular complexity index is 357. The van der Waals surface area contributed by atoms with Crippen molar-refractivity contribution < 1.29 is 17.9 Å². The number of ether oxygens (including phenoxy) is 2. The first-order valence-corrected chi connectivity index (χ1v) is 8.97. The van der Waals surface area contributed by atoms with Gasteiger partial charge in [0.1, 0.15) is 0 Å². The van der Waals surface area contributed by atoms with Gasteiger partial charge in [-0.05, 0) is 39.7 Å². The lowest BCUT2D eigenvalue weighted by Crippen LogP contribution is -2.42. The van der Waals surface area contributed by atoms with Gasteiger partial charge in [0.05, 0.1) is 24.6 Å². The summed E-state index contributed by atoms with van der Waals surface area (Å²) in [5, 5.41) is 0. The summed E-state index contributed by atoms with van der Waals surface area (Å²) in [4.78, 5) is 0. The highest BCUT2D eigenvalue weighted by molar-refractivity contribution is 7.89. The van der Waals surface area contributed by atoms with Crippen LogP contribution in [0.2, 0.25) is 0 Å². The highest BCUT2D eigenvalue weighted by atomic mass is 35.5. The third-order valence-electron chi connectivity index (χ3n) is 3.29. The van der Waals surface area contributed by atoms with Gasteiger partial charge in [-0.3, -0.25) is 0 Å². The minimum absolute atomic E-state index is 0. The minimum Gasteiger partial charge on any atom is -0.378 e. The van der Waals surface area contributed by atoms with Crippen LogP contribution in [0.3, 0.4) is 0 Å². The molecule has 0 amide bonds. The van der Waals surface area contributed by atoms with E-state index in [9.17, 15) is 8.42 Å². The minimum atomic E-state index is -3.19. The molecule has 6 nitrogen and oxygen atoms in total.